The van der Waals surface area contributed by atoms with Crippen molar-refractivity contribution in [2.75, 3.05) is 0 Å². The summed E-state index contributed by atoms with van der Waals surface area (Å²) in [5.74, 6) is 0. The summed E-state index contributed by atoms with van der Waals surface area (Å²) in [5, 5.41) is 14.4. The predicted molar refractivity (Wildman–Crippen MR) is 62.3 cm³/mol. The van der Waals surface area contributed by atoms with Crippen molar-refractivity contribution in [3.63, 3.8) is 0 Å². The highest BCUT2D eigenvalue weighted by atomic mass is 16.6. The lowest BCUT2D eigenvalue weighted by atomic mass is 10.1. The van der Waals surface area contributed by atoms with Gasteiger partial charge in [-0.2, -0.15) is 5.10 Å². The van der Waals surface area contributed by atoms with Crippen LogP contribution in [0, 0.1) is 10.1 Å². The zero-order valence-electron chi connectivity index (χ0n) is 9.76. The second-order valence-corrected chi connectivity index (χ2v) is 3.99. The standard InChI is InChI=1S/C11H19N3O2/c1-2-3-4-5-6-7-8-13-10-11(9-12-13)14(15)16/h9-10H,2-8H2,1H3. The molecule has 90 valence electrons. The van der Waals surface area contributed by atoms with Gasteiger partial charge in [-0.05, 0) is 6.42 Å². The van der Waals surface area contributed by atoms with Crippen LogP contribution in [0.25, 0.3) is 0 Å². The zero-order valence-corrected chi connectivity index (χ0v) is 9.76. The van der Waals surface area contributed by atoms with E-state index in [2.05, 4.69) is 12.0 Å². The number of unbranched alkanes of at least 4 members (excludes halogenated alkanes) is 5. The van der Waals surface area contributed by atoms with E-state index in [0.29, 0.717) is 0 Å². The molecule has 0 spiro atoms. The summed E-state index contributed by atoms with van der Waals surface area (Å²) in [6.07, 6.45) is 10.1. The quantitative estimate of drug-likeness (QED) is 0.388. The smallest absolute Gasteiger partial charge is 0.266 e. The monoisotopic (exact) mass is 225 g/mol. The van der Waals surface area contributed by atoms with Crippen molar-refractivity contribution in [3.05, 3.63) is 22.5 Å². The van der Waals surface area contributed by atoms with Gasteiger partial charge in [0.1, 0.15) is 12.4 Å². The van der Waals surface area contributed by atoms with Crippen LogP contribution >= 0.6 is 0 Å². The molecule has 0 amide bonds. The summed E-state index contributed by atoms with van der Waals surface area (Å²) in [6.45, 7) is 2.98. The van der Waals surface area contributed by atoms with Crippen LogP contribution in [0.2, 0.25) is 0 Å². The third-order valence-electron chi connectivity index (χ3n) is 2.57. The van der Waals surface area contributed by atoms with E-state index in [9.17, 15) is 10.1 Å². The van der Waals surface area contributed by atoms with Gasteiger partial charge in [0.2, 0.25) is 0 Å². The second-order valence-electron chi connectivity index (χ2n) is 3.99. The summed E-state index contributed by atoms with van der Waals surface area (Å²) in [7, 11) is 0. The molecule has 0 N–H and O–H groups in total. The van der Waals surface area contributed by atoms with E-state index in [1.807, 2.05) is 0 Å². The molecule has 0 aromatic carbocycles. The highest BCUT2D eigenvalue weighted by Gasteiger charge is 2.07. The Morgan fingerprint density at radius 2 is 2.00 bits per heavy atom. The second kappa shape index (κ2) is 6.98. The van der Waals surface area contributed by atoms with Gasteiger partial charge < -0.3 is 0 Å². The predicted octanol–water partition coefficient (Wildman–Crippen LogP) is 3.15. The van der Waals surface area contributed by atoms with Crippen LogP contribution in [0.4, 0.5) is 5.69 Å². The average molecular weight is 225 g/mol. The first-order chi connectivity index (χ1) is 7.74. The summed E-state index contributed by atoms with van der Waals surface area (Å²) in [5.41, 5.74) is 0.0750. The third-order valence-corrected chi connectivity index (χ3v) is 2.57. The fourth-order valence-electron chi connectivity index (χ4n) is 1.62. The summed E-state index contributed by atoms with van der Waals surface area (Å²) < 4.78 is 1.65. The molecule has 1 heterocycles. The molecule has 0 aliphatic heterocycles. The molecule has 1 aromatic rings. The SMILES string of the molecule is CCCCCCCCn1cc([N+](=O)[O-])cn1. The lowest BCUT2D eigenvalue weighted by Crippen LogP contribution is -1.98. The zero-order chi connectivity index (χ0) is 11.8. The Bertz CT molecular complexity index is 323. The van der Waals surface area contributed by atoms with Gasteiger partial charge in [-0.1, -0.05) is 39.0 Å². The molecule has 0 atom stereocenters. The fourth-order valence-corrected chi connectivity index (χ4v) is 1.62. The molecular weight excluding hydrogens is 206 g/mol. The van der Waals surface area contributed by atoms with Crippen molar-refractivity contribution in [2.45, 2.75) is 52.0 Å². The normalized spacial score (nSPS) is 10.6. The van der Waals surface area contributed by atoms with Crippen LogP contribution < -0.4 is 0 Å². The van der Waals surface area contributed by atoms with Gasteiger partial charge in [-0.15, -0.1) is 0 Å². The molecular formula is C11H19N3O2. The Labute approximate surface area is 95.6 Å². The van der Waals surface area contributed by atoms with Crippen LogP contribution in [0.5, 0.6) is 0 Å². The van der Waals surface area contributed by atoms with Gasteiger partial charge in [0.05, 0.1) is 4.92 Å². The van der Waals surface area contributed by atoms with Crippen LogP contribution in [0.3, 0.4) is 0 Å². The van der Waals surface area contributed by atoms with Crippen LogP contribution in [0.15, 0.2) is 12.4 Å². The van der Waals surface area contributed by atoms with Gasteiger partial charge in [-0.3, -0.25) is 14.8 Å². The minimum Gasteiger partial charge on any atom is -0.266 e. The first-order valence-electron chi connectivity index (χ1n) is 5.91. The first-order valence-corrected chi connectivity index (χ1v) is 5.91. The Morgan fingerprint density at radius 1 is 1.31 bits per heavy atom. The molecule has 0 unspecified atom stereocenters. The van der Waals surface area contributed by atoms with E-state index < -0.39 is 4.92 Å². The first kappa shape index (κ1) is 12.7. The van der Waals surface area contributed by atoms with E-state index in [1.165, 1.54) is 44.5 Å². The maximum absolute atomic E-state index is 10.4. The van der Waals surface area contributed by atoms with E-state index in [0.717, 1.165) is 13.0 Å². The maximum atomic E-state index is 10.4. The Hall–Kier alpha value is -1.39. The lowest BCUT2D eigenvalue weighted by molar-refractivity contribution is -0.385. The van der Waals surface area contributed by atoms with Crippen LogP contribution in [-0.4, -0.2) is 14.7 Å². The van der Waals surface area contributed by atoms with Gasteiger partial charge in [-0.25, -0.2) is 0 Å². The number of rotatable bonds is 8. The number of aromatic nitrogens is 2. The van der Waals surface area contributed by atoms with Crippen molar-refractivity contribution >= 4 is 5.69 Å². The minimum atomic E-state index is -0.412. The van der Waals surface area contributed by atoms with E-state index >= 15 is 0 Å². The Balaban J connectivity index is 2.14. The summed E-state index contributed by atoms with van der Waals surface area (Å²) in [4.78, 5) is 10.0. The molecule has 0 aliphatic rings. The van der Waals surface area contributed by atoms with E-state index in [-0.39, 0.29) is 5.69 Å². The highest BCUT2D eigenvalue weighted by Crippen LogP contribution is 2.10. The Morgan fingerprint density at radius 3 is 2.62 bits per heavy atom. The van der Waals surface area contributed by atoms with Crippen molar-refractivity contribution in [2.24, 2.45) is 0 Å². The molecule has 0 aliphatic carbocycles. The number of nitrogens with zero attached hydrogens (tertiary/aromatic N) is 3. The minimum absolute atomic E-state index is 0.0750. The number of hydrogen-bond donors (Lipinski definition) is 0. The molecule has 5 nitrogen and oxygen atoms in total. The molecule has 0 radical (unpaired) electrons. The number of aryl methyl sites for hydroxylation is 1. The van der Waals surface area contributed by atoms with E-state index in [1.54, 1.807) is 4.68 Å². The van der Waals surface area contributed by atoms with Gasteiger partial charge in [0.15, 0.2) is 0 Å². The highest BCUT2D eigenvalue weighted by molar-refractivity contribution is 5.20. The molecule has 0 saturated heterocycles. The number of hydrogen-bond acceptors (Lipinski definition) is 3. The van der Waals surface area contributed by atoms with E-state index in [4.69, 9.17) is 0 Å². The topological polar surface area (TPSA) is 61.0 Å². The molecule has 0 saturated carbocycles. The largest absolute Gasteiger partial charge is 0.306 e. The van der Waals surface area contributed by atoms with Crippen LogP contribution in [-0.2, 0) is 6.54 Å². The molecule has 5 heteroatoms. The molecule has 0 bridgehead atoms. The molecule has 0 fully saturated rings. The van der Waals surface area contributed by atoms with Gasteiger partial charge in [0, 0.05) is 6.54 Å². The van der Waals surface area contributed by atoms with Gasteiger partial charge >= 0.3 is 5.69 Å². The molecule has 1 rings (SSSR count). The van der Waals surface area contributed by atoms with Crippen molar-refractivity contribution < 1.29 is 4.92 Å². The van der Waals surface area contributed by atoms with Gasteiger partial charge in [0.25, 0.3) is 0 Å². The number of nitro groups is 1. The Kier molecular flexibility index (Phi) is 5.53. The van der Waals surface area contributed by atoms with Crippen molar-refractivity contribution in [1.29, 1.82) is 0 Å². The van der Waals surface area contributed by atoms with Crippen molar-refractivity contribution in [1.82, 2.24) is 9.78 Å². The lowest BCUT2D eigenvalue weighted by Gasteiger charge is -2.00. The van der Waals surface area contributed by atoms with Crippen molar-refractivity contribution in [3.8, 4) is 0 Å². The summed E-state index contributed by atoms with van der Waals surface area (Å²) >= 11 is 0. The maximum Gasteiger partial charge on any atom is 0.306 e. The average Bonchev–Trinajstić information content (AvgIpc) is 2.72. The molecule has 16 heavy (non-hydrogen) atoms. The molecule has 1 aromatic heterocycles. The fraction of sp³-hybridized carbons (Fsp3) is 0.727. The third kappa shape index (κ3) is 4.42. The summed E-state index contributed by atoms with van der Waals surface area (Å²) in [6, 6.07) is 0. The van der Waals surface area contributed by atoms with Crippen LogP contribution in [0.1, 0.15) is 45.4 Å².